The molecule has 0 bridgehead atoms. The fourth-order valence-corrected chi connectivity index (χ4v) is 3.99. The molecule has 0 aliphatic heterocycles. The van der Waals surface area contributed by atoms with Crippen LogP contribution in [0.3, 0.4) is 0 Å². The molecule has 0 aliphatic rings. The highest BCUT2D eigenvalue weighted by molar-refractivity contribution is 14.1. The monoisotopic (exact) mass is 579 g/mol. The molecule has 0 saturated heterocycles. The maximum atomic E-state index is 13.0. The standard InChI is InChI=1S/C22H19BrIN3O3/c1-4-9-30-21-17(24)10-14(11-19(21)29-6-3)13-25-27-20(5-2)26-18-8-7-15(23)12-16(18)22(27)28/h1,7-8,10-13H,5-6,9H2,2-3H3. The molecule has 6 nitrogen and oxygen atoms in total. The van der Waals surface area contributed by atoms with Crippen LogP contribution in [0.25, 0.3) is 10.9 Å². The van der Waals surface area contributed by atoms with Gasteiger partial charge in [-0.15, -0.1) is 6.42 Å². The molecule has 0 unspecified atom stereocenters. The summed E-state index contributed by atoms with van der Waals surface area (Å²) in [5, 5.41) is 4.93. The van der Waals surface area contributed by atoms with Crippen molar-refractivity contribution in [2.45, 2.75) is 20.3 Å². The van der Waals surface area contributed by atoms with Crippen molar-refractivity contribution in [2.24, 2.45) is 5.10 Å². The van der Waals surface area contributed by atoms with Gasteiger partial charge in [0.25, 0.3) is 5.56 Å². The summed E-state index contributed by atoms with van der Waals surface area (Å²) in [6.07, 6.45) is 7.48. The Balaban J connectivity index is 2.07. The second-order valence-electron chi connectivity index (χ2n) is 6.16. The molecule has 0 amide bonds. The third-order valence-corrected chi connectivity index (χ3v) is 5.44. The van der Waals surface area contributed by atoms with Crippen molar-refractivity contribution in [3.63, 3.8) is 0 Å². The number of terminal acetylenes is 1. The highest BCUT2D eigenvalue weighted by Gasteiger charge is 2.13. The normalized spacial score (nSPS) is 11.0. The van der Waals surface area contributed by atoms with Gasteiger partial charge in [0.2, 0.25) is 0 Å². The van der Waals surface area contributed by atoms with E-state index in [1.54, 1.807) is 12.3 Å². The summed E-state index contributed by atoms with van der Waals surface area (Å²) in [6.45, 7) is 4.46. The van der Waals surface area contributed by atoms with Crippen LogP contribution in [0.5, 0.6) is 11.5 Å². The van der Waals surface area contributed by atoms with E-state index in [0.29, 0.717) is 41.3 Å². The Morgan fingerprint density at radius 1 is 1.30 bits per heavy atom. The van der Waals surface area contributed by atoms with Gasteiger partial charge >= 0.3 is 0 Å². The predicted octanol–water partition coefficient (Wildman–Crippen LogP) is 4.62. The molecule has 0 atom stereocenters. The summed E-state index contributed by atoms with van der Waals surface area (Å²) in [4.78, 5) is 17.6. The first-order chi connectivity index (χ1) is 14.5. The van der Waals surface area contributed by atoms with Crippen molar-refractivity contribution in [3.05, 3.63) is 60.1 Å². The van der Waals surface area contributed by atoms with Gasteiger partial charge in [-0.25, -0.2) is 4.98 Å². The minimum atomic E-state index is -0.219. The van der Waals surface area contributed by atoms with Crippen molar-refractivity contribution in [1.82, 2.24) is 9.66 Å². The fraction of sp³-hybridized carbons (Fsp3) is 0.227. The topological polar surface area (TPSA) is 65.7 Å². The molecule has 3 aromatic rings. The molecule has 1 aromatic heterocycles. The van der Waals surface area contributed by atoms with Crippen molar-refractivity contribution < 1.29 is 9.47 Å². The molecule has 1 heterocycles. The van der Waals surface area contributed by atoms with Gasteiger partial charge in [-0.1, -0.05) is 28.8 Å². The summed E-state index contributed by atoms with van der Waals surface area (Å²) in [5.74, 6) is 4.21. The number of aromatic nitrogens is 2. The fourth-order valence-electron chi connectivity index (χ4n) is 2.85. The zero-order chi connectivity index (χ0) is 21.7. The Morgan fingerprint density at radius 3 is 2.80 bits per heavy atom. The molecule has 0 aliphatic carbocycles. The molecule has 0 saturated carbocycles. The van der Waals surface area contributed by atoms with Crippen molar-refractivity contribution >= 4 is 55.6 Å². The van der Waals surface area contributed by atoms with Crippen molar-refractivity contribution in [1.29, 1.82) is 0 Å². The summed E-state index contributed by atoms with van der Waals surface area (Å²) in [6, 6.07) is 9.13. The van der Waals surface area contributed by atoms with Crippen LogP contribution in [0.4, 0.5) is 0 Å². The lowest BCUT2D eigenvalue weighted by Crippen LogP contribution is -2.22. The second kappa shape index (κ2) is 10.1. The zero-order valence-corrected chi connectivity index (χ0v) is 20.2. The summed E-state index contributed by atoms with van der Waals surface area (Å²) in [7, 11) is 0. The average Bonchev–Trinajstić information content (AvgIpc) is 2.73. The number of rotatable bonds is 7. The first kappa shape index (κ1) is 22.3. The number of nitrogens with zero attached hydrogens (tertiary/aromatic N) is 3. The highest BCUT2D eigenvalue weighted by Crippen LogP contribution is 2.33. The number of benzene rings is 2. The molecule has 0 N–H and O–H groups in total. The van der Waals surface area contributed by atoms with Crippen LogP contribution in [-0.2, 0) is 6.42 Å². The Kier molecular flexibility index (Phi) is 7.50. The first-order valence-electron chi connectivity index (χ1n) is 9.26. The lowest BCUT2D eigenvalue weighted by Gasteiger charge is -2.13. The van der Waals surface area contributed by atoms with Crippen LogP contribution >= 0.6 is 38.5 Å². The van der Waals surface area contributed by atoms with Crippen molar-refractivity contribution in [3.8, 4) is 23.8 Å². The number of halogens is 2. The van der Waals surface area contributed by atoms with Crippen LogP contribution in [0, 0.1) is 15.9 Å². The van der Waals surface area contributed by atoms with E-state index < -0.39 is 0 Å². The number of aryl methyl sites for hydroxylation is 1. The first-order valence-corrected chi connectivity index (χ1v) is 11.1. The van der Waals surface area contributed by atoms with E-state index in [1.807, 2.05) is 38.1 Å². The van der Waals surface area contributed by atoms with Gasteiger partial charge < -0.3 is 9.47 Å². The van der Waals surface area contributed by atoms with Gasteiger partial charge in [0.15, 0.2) is 11.5 Å². The number of hydrogen-bond acceptors (Lipinski definition) is 5. The Labute approximate surface area is 196 Å². The van der Waals surface area contributed by atoms with E-state index in [-0.39, 0.29) is 12.2 Å². The molecular weight excluding hydrogens is 561 g/mol. The van der Waals surface area contributed by atoms with Gasteiger partial charge in [-0.05, 0) is 65.4 Å². The van der Waals surface area contributed by atoms with E-state index in [1.165, 1.54) is 4.68 Å². The quantitative estimate of drug-likeness (QED) is 0.233. The van der Waals surface area contributed by atoms with Crippen LogP contribution in [-0.4, -0.2) is 29.1 Å². The lowest BCUT2D eigenvalue weighted by molar-refractivity contribution is 0.298. The minimum Gasteiger partial charge on any atom is -0.490 e. The number of ether oxygens (including phenoxy) is 2. The van der Waals surface area contributed by atoms with Crippen LogP contribution in [0.1, 0.15) is 25.2 Å². The molecule has 154 valence electrons. The maximum absolute atomic E-state index is 13.0. The number of fused-ring (bicyclic) bond motifs is 1. The van der Waals surface area contributed by atoms with Crippen molar-refractivity contribution in [2.75, 3.05) is 13.2 Å². The molecule has 0 fully saturated rings. The van der Waals surface area contributed by atoms with E-state index in [9.17, 15) is 4.79 Å². The van der Waals surface area contributed by atoms with Crippen LogP contribution < -0.4 is 15.0 Å². The maximum Gasteiger partial charge on any atom is 0.282 e. The summed E-state index contributed by atoms with van der Waals surface area (Å²) >= 11 is 5.56. The highest BCUT2D eigenvalue weighted by atomic mass is 127. The predicted molar refractivity (Wildman–Crippen MR) is 131 cm³/mol. The van der Waals surface area contributed by atoms with E-state index in [4.69, 9.17) is 15.9 Å². The Bertz CT molecular complexity index is 1210. The minimum absolute atomic E-state index is 0.150. The largest absolute Gasteiger partial charge is 0.490 e. The number of hydrogen-bond donors (Lipinski definition) is 0. The van der Waals surface area contributed by atoms with Gasteiger partial charge in [-0.3, -0.25) is 4.79 Å². The molecule has 2 aromatic carbocycles. The second-order valence-corrected chi connectivity index (χ2v) is 8.24. The molecular formula is C22H19BrIN3O3. The Hall–Kier alpha value is -2.38. The Morgan fingerprint density at radius 2 is 2.10 bits per heavy atom. The van der Waals surface area contributed by atoms with Crippen LogP contribution in [0.15, 0.2) is 44.7 Å². The third-order valence-electron chi connectivity index (χ3n) is 4.15. The van der Waals surface area contributed by atoms with E-state index in [2.05, 4.69) is 54.5 Å². The zero-order valence-electron chi connectivity index (χ0n) is 16.5. The molecule has 30 heavy (non-hydrogen) atoms. The van der Waals surface area contributed by atoms with Crippen LogP contribution in [0.2, 0.25) is 0 Å². The summed E-state index contributed by atoms with van der Waals surface area (Å²) < 4.78 is 14.3. The third kappa shape index (κ3) is 4.84. The smallest absolute Gasteiger partial charge is 0.282 e. The van der Waals surface area contributed by atoms with Gasteiger partial charge in [0.1, 0.15) is 12.4 Å². The lowest BCUT2D eigenvalue weighted by atomic mass is 10.2. The molecule has 8 heteroatoms. The molecule has 0 spiro atoms. The average molecular weight is 580 g/mol. The summed E-state index contributed by atoms with van der Waals surface area (Å²) in [5.41, 5.74) is 1.19. The van der Waals surface area contributed by atoms with E-state index >= 15 is 0 Å². The van der Waals surface area contributed by atoms with Gasteiger partial charge in [-0.2, -0.15) is 9.78 Å². The van der Waals surface area contributed by atoms with Gasteiger partial charge in [0.05, 0.1) is 27.3 Å². The SMILES string of the molecule is C#CCOc1c(I)cc(C=Nn2c(CC)nc3ccc(Br)cc3c2=O)cc1OCC. The molecule has 3 rings (SSSR count). The van der Waals surface area contributed by atoms with E-state index in [0.717, 1.165) is 13.6 Å². The van der Waals surface area contributed by atoms with Gasteiger partial charge in [0, 0.05) is 10.9 Å². The molecule has 0 radical (unpaired) electrons.